The van der Waals surface area contributed by atoms with Gasteiger partial charge in [-0.15, -0.1) is 0 Å². The van der Waals surface area contributed by atoms with Crippen LogP contribution in [0.25, 0.3) is 0 Å². The summed E-state index contributed by atoms with van der Waals surface area (Å²) in [7, 11) is 0. The lowest BCUT2D eigenvalue weighted by atomic mass is 9.96. The molecule has 2 N–H and O–H groups in total. The second kappa shape index (κ2) is 8.73. The molecule has 0 aromatic carbocycles. The van der Waals surface area contributed by atoms with E-state index in [9.17, 15) is 14.4 Å². The van der Waals surface area contributed by atoms with Crippen molar-refractivity contribution in [2.45, 2.75) is 38.1 Å². The van der Waals surface area contributed by atoms with Crippen molar-refractivity contribution in [1.82, 2.24) is 20.4 Å². The van der Waals surface area contributed by atoms with Crippen LogP contribution < -0.4 is 10.6 Å². The van der Waals surface area contributed by atoms with Crippen LogP contribution in [0.5, 0.6) is 0 Å². The predicted octanol–water partition coefficient (Wildman–Crippen LogP) is 1.20. The number of nitrogens with one attached hydrogen (secondary N) is 2. The zero-order valence-corrected chi connectivity index (χ0v) is 14.9. The van der Waals surface area contributed by atoms with Crippen molar-refractivity contribution in [2.75, 3.05) is 32.7 Å². The molecule has 0 radical (unpaired) electrons. The average Bonchev–Trinajstić information content (AvgIpc) is 3.21. The molecule has 0 bridgehead atoms. The van der Waals surface area contributed by atoms with Gasteiger partial charge in [-0.05, 0) is 25.0 Å². The van der Waals surface area contributed by atoms with E-state index in [0.717, 1.165) is 25.7 Å². The number of furan rings is 1. The van der Waals surface area contributed by atoms with E-state index in [-0.39, 0.29) is 30.4 Å². The monoisotopic (exact) mass is 362 g/mol. The molecular formula is C18H26N4O4. The Kier molecular flexibility index (Phi) is 6.14. The highest BCUT2D eigenvalue weighted by atomic mass is 16.3. The molecule has 1 aliphatic heterocycles. The number of nitrogens with zero attached hydrogens (tertiary/aromatic N) is 2. The maximum absolute atomic E-state index is 12.3. The Morgan fingerprint density at radius 3 is 2.38 bits per heavy atom. The summed E-state index contributed by atoms with van der Waals surface area (Å²) in [6, 6.07) is 3.25. The third-order valence-corrected chi connectivity index (χ3v) is 4.99. The molecule has 0 unspecified atom stereocenters. The minimum Gasteiger partial charge on any atom is -0.459 e. The summed E-state index contributed by atoms with van der Waals surface area (Å²) in [5, 5.41) is 5.58. The SMILES string of the molecule is O=C(NCC(=O)N1CCN(C(=O)c2ccco2)CC1)NC1CCCCC1. The Labute approximate surface area is 152 Å². The topological polar surface area (TPSA) is 94.9 Å². The summed E-state index contributed by atoms with van der Waals surface area (Å²) in [5.41, 5.74) is 0. The smallest absolute Gasteiger partial charge is 0.315 e. The lowest BCUT2D eigenvalue weighted by Crippen LogP contribution is -2.53. The van der Waals surface area contributed by atoms with Crippen LogP contribution in [-0.4, -0.2) is 66.4 Å². The van der Waals surface area contributed by atoms with Crippen LogP contribution in [0.3, 0.4) is 0 Å². The Hall–Kier alpha value is -2.51. The number of carbonyl (C=O) groups is 3. The van der Waals surface area contributed by atoms with E-state index >= 15 is 0 Å². The number of urea groups is 1. The van der Waals surface area contributed by atoms with Crippen LogP contribution in [0.1, 0.15) is 42.7 Å². The first kappa shape index (κ1) is 18.3. The molecule has 1 aliphatic carbocycles. The van der Waals surface area contributed by atoms with Crippen LogP contribution in [0.2, 0.25) is 0 Å². The minimum absolute atomic E-state index is 0.0231. The molecule has 142 valence electrons. The molecule has 4 amide bonds. The molecule has 3 rings (SSSR count). The number of amides is 4. The molecule has 8 heteroatoms. The van der Waals surface area contributed by atoms with Gasteiger partial charge in [0.15, 0.2) is 5.76 Å². The first-order chi connectivity index (χ1) is 12.6. The highest BCUT2D eigenvalue weighted by molar-refractivity contribution is 5.91. The van der Waals surface area contributed by atoms with Crippen LogP contribution in [0.4, 0.5) is 4.79 Å². The quantitative estimate of drug-likeness (QED) is 0.841. The summed E-state index contributed by atoms with van der Waals surface area (Å²) < 4.78 is 5.12. The average molecular weight is 362 g/mol. The Bertz CT molecular complexity index is 617. The van der Waals surface area contributed by atoms with Gasteiger partial charge in [-0.3, -0.25) is 9.59 Å². The van der Waals surface area contributed by atoms with Gasteiger partial charge in [0, 0.05) is 32.2 Å². The Balaban J connectivity index is 1.36. The summed E-state index contributed by atoms with van der Waals surface area (Å²) in [6.45, 7) is 1.80. The molecule has 1 aromatic rings. The fourth-order valence-electron chi connectivity index (χ4n) is 3.47. The van der Waals surface area contributed by atoms with Gasteiger partial charge in [0.25, 0.3) is 5.91 Å². The second-order valence-electron chi connectivity index (χ2n) is 6.81. The first-order valence-corrected chi connectivity index (χ1v) is 9.28. The highest BCUT2D eigenvalue weighted by Crippen LogP contribution is 2.17. The van der Waals surface area contributed by atoms with Gasteiger partial charge < -0.3 is 24.9 Å². The molecule has 1 saturated heterocycles. The molecule has 1 saturated carbocycles. The molecule has 2 heterocycles. The molecule has 8 nitrogen and oxygen atoms in total. The van der Waals surface area contributed by atoms with Gasteiger partial charge in [-0.25, -0.2) is 4.79 Å². The third kappa shape index (κ3) is 4.77. The molecule has 1 aromatic heterocycles. The molecular weight excluding hydrogens is 336 g/mol. The molecule has 2 aliphatic rings. The first-order valence-electron chi connectivity index (χ1n) is 9.28. The van der Waals surface area contributed by atoms with Crippen LogP contribution in [0.15, 0.2) is 22.8 Å². The second-order valence-corrected chi connectivity index (χ2v) is 6.81. The van der Waals surface area contributed by atoms with Crippen LogP contribution in [-0.2, 0) is 4.79 Å². The Morgan fingerprint density at radius 1 is 1.04 bits per heavy atom. The van der Waals surface area contributed by atoms with Gasteiger partial charge in [-0.2, -0.15) is 0 Å². The number of hydrogen-bond donors (Lipinski definition) is 2. The normalized spacial score (nSPS) is 18.5. The predicted molar refractivity (Wildman–Crippen MR) is 94.6 cm³/mol. The van der Waals surface area contributed by atoms with E-state index in [1.807, 2.05) is 0 Å². The van der Waals surface area contributed by atoms with E-state index in [0.29, 0.717) is 31.9 Å². The van der Waals surface area contributed by atoms with E-state index in [4.69, 9.17) is 4.42 Å². The van der Waals surface area contributed by atoms with E-state index in [2.05, 4.69) is 10.6 Å². The van der Waals surface area contributed by atoms with Crippen molar-refractivity contribution in [3.05, 3.63) is 24.2 Å². The van der Waals surface area contributed by atoms with Crippen molar-refractivity contribution in [2.24, 2.45) is 0 Å². The van der Waals surface area contributed by atoms with Crippen molar-refractivity contribution in [3.8, 4) is 0 Å². The van der Waals surface area contributed by atoms with E-state index in [1.165, 1.54) is 12.7 Å². The van der Waals surface area contributed by atoms with Crippen molar-refractivity contribution >= 4 is 17.8 Å². The van der Waals surface area contributed by atoms with E-state index in [1.54, 1.807) is 21.9 Å². The molecule has 26 heavy (non-hydrogen) atoms. The van der Waals surface area contributed by atoms with Gasteiger partial charge in [0.2, 0.25) is 5.91 Å². The lowest BCUT2D eigenvalue weighted by molar-refractivity contribution is -0.131. The summed E-state index contributed by atoms with van der Waals surface area (Å²) in [4.78, 5) is 39.7. The molecule has 0 spiro atoms. The standard InChI is InChI=1S/C18H26N4O4/c23-16(13-19-18(25)20-14-5-2-1-3-6-14)21-8-10-22(11-9-21)17(24)15-7-4-12-26-15/h4,7,12,14H,1-3,5-6,8-11,13H2,(H2,19,20,25). The number of rotatable bonds is 4. The number of piperazine rings is 1. The highest BCUT2D eigenvalue weighted by Gasteiger charge is 2.26. The third-order valence-electron chi connectivity index (χ3n) is 4.99. The van der Waals surface area contributed by atoms with Crippen LogP contribution in [0, 0.1) is 0 Å². The fraction of sp³-hybridized carbons (Fsp3) is 0.611. The van der Waals surface area contributed by atoms with E-state index < -0.39 is 0 Å². The summed E-state index contributed by atoms with van der Waals surface area (Å²) in [5.74, 6) is 0.0202. The van der Waals surface area contributed by atoms with Gasteiger partial charge in [-0.1, -0.05) is 19.3 Å². The molecule has 2 fully saturated rings. The maximum Gasteiger partial charge on any atom is 0.315 e. The minimum atomic E-state index is -0.281. The zero-order valence-electron chi connectivity index (χ0n) is 14.9. The zero-order chi connectivity index (χ0) is 18.4. The summed E-state index contributed by atoms with van der Waals surface area (Å²) in [6.07, 6.45) is 7.00. The lowest BCUT2D eigenvalue weighted by Gasteiger charge is -2.34. The number of hydrogen-bond acceptors (Lipinski definition) is 4. The van der Waals surface area contributed by atoms with Crippen LogP contribution >= 0.6 is 0 Å². The van der Waals surface area contributed by atoms with Crippen molar-refractivity contribution < 1.29 is 18.8 Å². The molecule has 0 atom stereocenters. The summed E-state index contributed by atoms with van der Waals surface area (Å²) >= 11 is 0. The largest absolute Gasteiger partial charge is 0.459 e. The fourth-order valence-corrected chi connectivity index (χ4v) is 3.47. The van der Waals surface area contributed by atoms with Gasteiger partial charge in [0.1, 0.15) is 0 Å². The van der Waals surface area contributed by atoms with Crippen molar-refractivity contribution in [1.29, 1.82) is 0 Å². The number of carbonyl (C=O) groups excluding carboxylic acids is 3. The van der Waals surface area contributed by atoms with Gasteiger partial charge >= 0.3 is 6.03 Å². The van der Waals surface area contributed by atoms with Crippen molar-refractivity contribution in [3.63, 3.8) is 0 Å². The Morgan fingerprint density at radius 2 is 1.73 bits per heavy atom. The van der Waals surface area contributed by atoms with Gasteiger partial charge in [0.05, 0.1) is 12.8 Å². The maximum atomic E-state index is 12.3.